The van der Waals surface area contributed by atoms with Gasteiger partial charge in [0.25, 0.3) is 10.1 Å². The summed E-state index contributed by atoms with van der Waals surface area (Å²) in [5, 5.41) is 11.8. The quantitative estimate of drug-likeness (QED) is 0.808. The zero-order valence-corrected chi connectivity index (χ0v) is 16.2. The second-order valence-electron chi connectivity index (χ2n) is 8.43. The normalized spacial score (nSPS) is 21.8. The molecule has 1 aliphatic heterocycles. The van der Waals surface area contributed by atoms with Gasteiger partial charge in [0.2, 0.25) is 0 Å². The molecule has 5 nitrogen and oxygen atoms in total. The Morgan fingerprint density at radius 2 is 1.62 bits per heavy atom. The summed E-state index contributed by atoms with van der Waals surface area (Å²) < 4.78 is 32.7. The molecule has 0 amide bonds. The molecule has 0 saturated carbocycles. The zero-order valence-electron chi connectivity index (χ0n) is 15.4. The van der Waals surface area contributed by atoms with Crippen LogP contribution in [-0.2, 0) is 16.5 Å². The molecular weight excluding hydrogens is 326 g/mol. The van der Waals surface area contributed by atoms with E-state index in [-0.39, 0.29) is 16.0 Å². The molecule has 1 heterocycles. The molecule has 136 valence electrons. The first-order valence-corrected chi connectivity index (χ1v) is 9.75. The van der Waals surface area contributed by atoms with Crippen molar-refractivity contribution in [2.75, 3.05) is 0 Å². The van der Waals surface area contributed by atoms with Crippen LogP contribution in [0.2, 0.25) is 0 Å². The standard InChI is InChI=1S/C18H29NO4S/c1-12-7-14(9-16(13(12)2)24(21,22)23)8-15-10-17(3,4)19(20)18(5,6)11-15/h7,9,15,20H,8,10-11H2,1-6H3,(H,21,22,23). The Bertz CT molecular complexity index is 720. The van der Waals surface area contributed by atoms with Crippen molar-refractivity contribution in [1.29, 1.82) is 0 Å². The summed E-state index contributed by atoms with van der Waals surface area (Å²) in [4.78, 5) is -0.00406. The minimum absolute atomic E-state index is 0.00406. The van der Waals surface area contributed by atoms with E-state index in [4.69, 9.17) is 0 Å². The van der Waals surface area contributed by atoms with E-state index in [1.807, 2.05) is 40.7 Å². The van der Waals surface area contributed by atoms with E-state index in [1.54, 1.807) is 13.0 Å². The molecule has 2 rings (SSSR count). The first-order valence-electron chi connectivity index (χ1n) is 8.31. The van der Waals surface area contributed by atoms with Crippen molar-refractivity contribution in [3.8, 4) is 0 Å². The first kappa shape index (κ1) is 19.4. The molecule has 2 N–H and O–H groups in total. The lowest BCUT2D eigenvalue weighted by Crippen LogP contribution is -2.59. The van der Waals surface area contributed by atoms with Crippen LogP contribution in [0.15, 0.2) is 17.0 Å². The summed E-state index contributed by atoms with van der Waals surface area (Å²) >= 11 is 0. The highest BCUT2D eigenvalue weighted by atomic mass is 32.2. The molecule has 0 spiro atoms. The summed E-state index contributed by atoms with van der Waals surface area (Å²) in [6, 6.07) is 3.58. The Morgan fingerprint density at radius 1 is 1.12 bits per heavy atom. The maximum absolute atomic E-state index is 11.6. The second-order valence-corrected chi connectivity index (χ2v) is 9.82. The van der Waals surface area contributed by atoms with E-state index in [9.17, 15) is 18.2 Å². The van der Waals surface area contributed by atoms with Gasteiger partial charge in [-0.05, 0) is 89.5 Å². The van der Waals surface area contributed by atoms with E-state index in [0.717, 1.165) is 30.4 Å². The minimum Gasteiger partial charge on any atom is -0.313 e. The summed E-state index contributed by atoms with van der Waals surface area (Å²) in [7, 11) is -4.22. The van der Waals surface area contributed by atoms with E-state index in [2.05, 4.69) is 0 Å². The van der Waals surface area contributed by atoms with Crippen LogP contribution in [0.1, 0.15) is 57.2 Å². The Hall–Kier alpha value is -0.950. The van der Waals surface area contributed by atoms with Gasteiger partial charge in [-0.25, -0.2) is 0 Å². The predicted octanol–water partition coefficient (Wildman–Crippen LogP) is 3.75. The van der Waals surface area contributed by atoms with Gasteiger partial charge < -0.3 is 5.21 Å². The summed E-state index contributed by atoms with van der Waals surface area (Å²) in [6.45, 7) is 11.6. The van der Waals surface area contributed by atoms with Crippen molar-refractivity contribution >= 4 is 10.1 Å². The van der Waals surface area contributed by atoms with Gasteiger partial charge in [-0.2, -0.15) is 13.5 Å². The highest BCUT2D eigenvalue weighted by molar-refractivity contribution is 7.85. The summed E-state index contributed by atoms with van der Waals surface area (Å²) in [6.07, 6.45) is 2.37. The smallest absolute Gasteiger partial charge is 0.294 e. The fraction of sp³-hybridized carbons (Fsp3) is 0.667. The molecule has 0 radical (unpaired) electrons. The van der Waals surface area contributed by atoms with Gasteiger partial charge in [-0.3, -0.25) is 4.55 Å². The third-order valence-corrected chi connectivity index (χ3v) is 6.18. The molecule has 0 unspecified atom stereocenters. The average Bonchev–Trinajstić information content (AvgIpc) is 2.38. The monoisotopic (exact) mass is 355 g/mol. The van der Waals surface area contributed by atoms with Gasteiger partial charge in [0.05, 0.1) is 4.90 Å². The van der Waals surface area contributed by atoms with Crippen LogP contribution in [0.5, 0.6) is 0 Å². The Labute approximate surface area is 145 Å². The Morgan fingerprint density at radius 3 is 2.08 bits per heavy atom. The fourth-order valence-electron chi connectivity index (χ4n) is 4.24. The van der Waals surface area contributed by atoms with Crippen LogP contribution in [0, 0.1) is 19.8 Å². The zero-order chi connectivity index (χ0) is 18.5. The molecule has 1 aromatic carbocycles. The summed E-state index contributed by atoms with van der Waals surface area (Å²) in [5.74, 6) is 0.328. The number of rotatable bonds is 3. The van der Waals surface area contributed by atoms with Gasteiger partial charge in [0.1, 0.15) is 0 Å². The molecule has 1 aliphatic rings. The molecule has 6 heteroatoms. The lowest BCUT2D eigenvalue weighted by atomic mass is 9.73. The van der Waals surface area contributed by atoms with Crippen molar-refractivity contribution in [3.63, 3.8) is 0 Å². The van der Waals surface area contributed by atoms with E-state index in [0.29, 0.717) is 11.5 Å². The number of nitrogens with zero attached hydrogens (tertiary/aromatic N) is 1. The van der Waals surface area contributed by atoms with Crippen LogP contribution in [0.25, 0.3) is 0 Å². The number of hydroxylamine groups is 2. The molecule has 0 aromatic heterocycles. The average molecular weight is 356 g/mol. The van der Waals surface area contributed by atoms with Crippen LogP contribution in [0.4, 0.5) is 0 Å². The molecular formula is C18H29NO4S. The minimum atomic E-state index is -4.22. The first-order chi connectivity index (χ1) is 10.7. The number of hydrogen-bond donors (Lipinski definition) is 2. The van der Waals surface area contributed by atoms with Crippen molar-refractivity contribution in [2.24, 2.45) is 5.92 Å². The van der Waals surface area contributed by atoms with Crippen molar-refractivity contribution in [2.45, 2.75) is 76.8 Å². The van der Waals surface area contributed by atoms with Crippen LogP contribution >= 0.6 is 0 Å². The topological polar surface area (TPSA) is 77.8 Å². The van der Waals surface area contributed by atoms with Crippen molar-refractivity contribution in [3.05, 3.63) is 28.8 Å². The van der Waals surface area contributed by atoms with E-state index >= 15 is 0 Å². The number of hydrogen-bond acceptors (Lipinski definition) is 4. The van der Waals surface area contributed by atoms with Gasteiger partial charge in [-0.15, -0.1) is 0 Å². The third kappa shape index (κ3) is 3.82. The van der Waals surface area contributed by atoms with Crippen LogP contribution in [0.3, 0.4) is 0 Å². The SMILES string of the molecule is Cc1cc(CC2CC(C)(C)N(O)C(C)(C)C2)cc(S(=O)(=O)O)c1C. The lowest BCUT2D eigenvalue weighted by Gasteiger charge is -2.51. The summed E-state index contributed by atoms with van der Waals surface area (Å²) in [5.41, 5.74) is 1.69. The fourth-order valence-corrected chi connectivity index (χ4v) is 5.09. The Balaban J connectivity index is 2.34. The number of aryl methyl sites for hydroxylation is 1. The van der Waals surface area contributed by atoms with Gasteiger partial charge in [0, 0.05) is 11.1 Å². The van der Waals surface area contributed by atoms with Gasteiger partial charge >= 0.3 is 0 Å². The largest absolute Gasteiger partial charge is 0.313 e. The Kier molecular flexibility index (Phi) is 4.92. The van der Waals surface area contributed by atoms with Gasteiger partial charge in [0.15, 0.2) is 0 Å². The van der Waals surface area contributed by atoms with Crippen LogP contribution in [-0.4, -0.2) is 34.3 Å². The molecule has 1 fully saturated rings. The molecule has 1 aromatic rings. The lowest BCUT2D eigenvalue weighted by molar-refractivity contribution is -0.250. The maximum atomic E-state index is 11.6. The van der Waals surface area contributed by atoms with Crippen LogP contribution < -0.4 is 0 Å². The molecule has 1 saturated heterocycles. The van der Waals surface area contributed by atoms with Crippen molar-refractivity contribution in [1.82, 2.24) is 5.06 Å². The third-order valence-electron chi connectivity index (χ3n) is 5.20. The maximum Gasteiger partial charge on any atom is 0.294 e. The second kappa shape index (κ2) is 6.09. The van der Waals surface area contributed by atoms with Crippen molar-refractivity contribution < 1.29 is 18.2 Å². The molecule has 0 bridgehead atoms. The molecule has 0 aliphatic carbocycles. The molecule has 0 atom stereocenters. The predicted molar refractivity (Wildman–Crippen MR) is 93.9 cm³/mol. The van der Waals surface area contributed by atoms with E-state index in [1.165, 1.54) is 5.06 Å². The highest BCUT2D eigenvalue weighted by Crippen LogP contribution is 2.41. The number of piperidine rings is 1. The van der Waals surface area contributed by atoms with Gasteiger partial charge in [-0.1, -0.05) is 6.07 Å². The van der Waals surface area contributed by atoms with E-state index < -0.39 is 10.1 Å². The number of benzene rings is 1. The highest BCUT2D eigenvalue weighted by Gasteiger charge is 2.44. The molecule has 24 heavy (non-hydrogen) atoms.